The third kappa shape index (κ3) is 6.00. The van der Waals surface area contributed by atoms with Crippen LogP contribution in [0.1, 0.15) is 11.1 Å². The Kier molecular flexibility index (Phi) is 9.05. The van der Waals surface area contributed by atoms with E-state index in [1.807, 2.05) is 42.7 Å². The molecule has 0 aliphatic carbocycles. The number of nitrogens with zero attached hydrogens (tertiary/aromatic N) is 2. The summed E-state index contributed by atoms with van der Waals surface area (Å²) >= 11 is -1.72. The fourth-order valence-corrected chi connectivity index (χ4v) is 12.0. The van der Waals surface area contributed by atoms with E-state index in [-0.39, 0.29) is 20.1 Å². The van der Waals surface area contributed by atoms with Gasteiger partial charge in [-0.2, -0.15) is 0 Å². The molecule has 7 aromatic rings. The summed E-state index contributed by atoms with van der Waals surface area (Å²) in [5.74, 6) is 7.14. The summed E-state index contributed by atoms with van der Waals surface area (Å²) in [6.45, 7) is 9.08. The minimum Gasteiger partial charge on any atom is 0 e. The Morgan fingerprint density at radius 3 is 2.13 bits per heavy atom. The number of hydrogen-bond donors (Lipinski definition) is 0. The van der Waals surface area contributed by atoms with Crippen LogP contribution >= 0.6 is 0 Å². The Morgan fingerprint density at radius 1 is 0.681 bits per heavy atom. The molecule has 3 nitrogen and oxygen atoms in total. The van der Waals surface area contributed by atoms with Crippen molar-refractivity contribution in [2.45, 2.75) is 44.2 Å². The standard InChI is InChI=1S/C27H22NOSi.C14H16GeN.Ir/c1-16-14-23(28-15-17(16)2)22-10-7-9-19-20-12-13-21-18-8-5-6-11-24(18)30(3,4)27(21)26(20)29-25(19)22;1-15(2,3)13-9-10-14(16-11-13)12-7-5-4-6-8-12;/h5-9,11-15H,1-4H3;4-7,9-11H,1-3H3;/q2*-1;. The zero-order valence-electron chi connectivity index (χ0n) is 28.0. The molecule has 1 radical (unpaired) electrons. The molecule has 0 saturated carbocycles. The van der Waals surface area contributed by atoms with E-state index in [1.165, 1.54) is 42.4 Å². The maximum absolute atomic E-state index is 6.68. The van der Waals surface area contributed by atoms with E-state index >= 15 is 0 Å². The van der Waals surface area contributed by atoms with Gasteiger partial charge >= 0.3 is 99.8 Å². The van der Waals surface area contributed by atoms with Crippen LogP contribution in [-0.2, 0) is 20.1 Å². The molecule has 0 amide bonds. The molecule has 237 valence electrons. The van der Waals surface area contributed by atoms with Crippen molar-refractivity contribution in [3.05, 3.63) is 127 Å². The fourth-order valence-electron chi connectivity index (χ4n) is 6.55. The maximum Gasteiger partial charge on any atom is 0 e. The summed E-state index contributed by atoms with van der Waals surface area (Å²) in [6.07, 6.45) is 3.97. The first-order valence-electron chi connectivity index (χ1n) is 15.9. The second-order valence-corrected chi connectivity index (χ2v) is 28.8. The van der Waals surface area contributed by atoms with Gasteiger partial charge in [-0.15, -0.1) is 18.2 Å². The third-order valence-electron chi connectivity index (χ3n) is 9.36. The summed E-state index contributed by atoms with van der Waals surface area (Å²) in [5.41, 5.74) is 11.0. The fraction of sp³-hybridized carbons (Fsp3) is 0.171. The van der Waals surface area contributed by atoms with E-state index in [9.17, 15) is 0 Å². The molecule has 0 bridgehead atoms. The predicted molar refractivity (Wildman–Crippen MR) is 199 cm³/mol. The summed E-state index contributed by atoms with van der Waals surface area (Å²) in [7, 11) is -1.84. The Bertz CT molecular complexity index is 2240. The Balaban J connectivity index is 0.000000194. The van der Waals surface area contributed by atoms with Crippen LogP contribution in [0.2, 0.25) is 30.4 Å². The van der Waals surface area contributed by atoms with Gasteiger partial charge in [0.1, 0.15) is 13.7 Å². The summed E-state index contributed by atoms with van der Waals surface area (Å²) < 4.78 is 8.13. The minimum absolute atomic E-state index is 0. The van der Waals surface area contributed by atoms with Crippen LogP contribution in [0, 0.1) is 26.0 Å². The van der Waals surface area contributed by atoms with Gasteiger partial charge < -0.3 is 9.40 Å². The van der Waals surface area contributed by atoms with Crippen LogP contribution in [-0.4, -0.2) is 31.3 Å². The van der Waals surface area contributed by atoms with E-state index in [4.69, 9.17) is 4.42 Å². The normalized spacial score (nSPS) is 13.0. The minimum atomic E-state index is -1.84. The molecule has 0 unspecified atom stereocenters. The molecule has 8 rings (SSSR count). The molecule has 6 heteroatoms. The van der Waals surface area contributed by atoms with Crippen molar-refractivity contribution in [2.75, 3.05) is 0 Å². The molecule has 4 heterocycles. The molecule has 0 N–H and O–H groups in total. The number of hydrogen-bond acceptors (Lipinski definition) is 3. The van der Waals surface area contributed by atoms with Crippen LogP contribution < -0.4 is 14.8 Å². The van der Waals surface area contributed by atoms with Crippen molar-refractivity contribution >= 4 is 58.0 Å². The van der Waals surface area contributed by atoms with Crippen molar-refractivity contribution in [3.8, 4) is 33.6 Å². The monoisotopic (exact) mass is 869 g/mol. The smallest absolute Gasteiger partial charge is 0 e. The second kappa shape index (κ2) is 12.8. The van der Waals surface area contributed by atoms with Gasteiger partial charge in [0.25, 0.3) is 0 Å². The van der Waals surface area contributed by atoms with E-state index < -0.39 is 21.3 Å². The Morgan fingerprint density at radius 2 is 1.43 bits per heavy atom. The van der Waals surface area contributed by atoms with Crippen molar-refractivity contribution in [1.29, 1.82) is 0 Å². The van der Waals surface area contributed by atoms with Gasteiger partial charge in [0.15, 0.2) is 0 Å². The van der Waals surface area contributed by atoms with Crippen LogP contribution in [0.5, 0.6) is 0 Å². The van der Waals surface area contributed by atoms with E-state index in [0.717, 1.165) is 39.1 Å². The first kappa shape index (κ1) is 33.3. The molecule has 0 atom stereocenters. The van der Waals surface area contributed by atoms with E-state index in [1.54, 1.807) is 0 Å². The predicted octanol–water partition coefficient (Wildman–Crippen LogP) is 8.96. The zero-order chi connectivity index (χ0) is 32.2. The van der Waals surface area contributed by atoms with Crippen LogP contribution in [0.3, 0.4) is 0 Å². The zero-order valence-corrected chi connectivity index (χ0v) is 33.4. The van der Waals surface area contributed by atoms with Gasteiger partial charge in [-0.3, -0.25) is 0 Å². The molecule has 1 aliphatic heterocycles. The van der Waals surface area contributed by atoms with Crippen LogP contribution in [0.25, 0.3) is 55.6 Å². The number of fused-ring (bicyclic) bond motifs is 7. The number of aryl methyl sites for hydroxylation is 2. The molecule has 3 aromatic heterocycles. The average Bonchev–Trinajstić information content (AvgIpc) is 3.55. The molecule has 47 heavy (non-hydrogen) atoms. The van der Waals surface area contributed by atoms with Gasteiger partial charge in [0.2, 0.25) is 0 Å². The topological polar surface area (TPSA) is 38.9 Å². The number of rotatable bonds is 3. The summed E-state index contributed by atoms with van der Waals surface area (Å²) in [4.78, 5) is 9.21. The first-order chi connectivity index (χ1) is 22.0. The van der Waals surface area contributed by atoms with Crippen LogP contribution in [0.15, 0.2) is 108 Å². The second-order valence-electron chi connectivity index (χ2n) is 13.8. The SMILES string of the molecule is Cc1cnc(-c2[c-]ccc3c2oc2c4c(ccc23)-c2ccccc2[Si]4(C)C)cc1C.[CH3][Ge]([CH3])([CH3])[c]1ccc(-c2[c-]cccc2)nc1.[Ir]. The number of benzene rings is 4. The van der Waals surface area contributed by atoms with Crippen molar-refractivity contribution in [3.63, 3.8) is 0 Å². The molecular formula is C41H38GeIrN2OSi-2. The molecule has 0 saturated heterocycles. The molecule has 0 spiro atoms. The summed E-state index contributed by atoms with van der Waals surface area (Å²) in [5, 5.41) is 5.24. The average molecular weight is 868 g/mol. The van der Waals surface area contributed by atoms with Crippen LogP contribution in [0.4, 0.5) is 0 Å². The van der Waals surface area contributed by atoms with E-state index in [2.05, 4.69) is 127 Å². The Hall–Kier alpha value is -3.61. The number of aromatic nitrogens is 2. The molecular weight excluding hydrogens is 829 g/mol. The Labute approximate surface area is 295 Å². The van der Waals surface area contributed by atoms with Gasteiger partial charge in [-0.25, -0.2) is 0 Å². The molecule has 1 aliphatic rings. The van der Waals surface area contributed by atoms with Gasteiger partial charge in [-0.05, 0) is 46.6 Å². The third-order valence-corrected chi connectivity index (χ3v) is 17.1. The maximum atomic E-state index is 6.68. The number of furan rings is 1. The molecule has 0 fully saturated rings. The van der Waals surface area contributed by atoms with E-state index in [0.29, 0.717) is 0 Å². The largest absolute Gasteiger partial charge is 0 e. The quantitative estimate of drug-likeness (QED) is 0.132. The molecule has 4 aromatic carbocycles. The van der Waals surface area contributed by atoms with Gasteiger partial charge in [0, 0.05) is 31.7 Å². The van der Waals surface area contributed by atoms with Crippen molar-refractivity contribution < 1.29 is 24.5 Å². The van der Waals surface area contributed by atoms with Crippen molar-refractivity contribution in [2.24, 2.45) is 0 Å². The van der Waals surface area contributed by atoms with Gasteiger partial charge in [-0.1, -0.05) is 72.1 Å². The summed E-state index contributed by atoms with van der Waals surface area (Å²) in [6, 6.07) is 38.5. The van der Waals surface area contributed by atoms with Gasteiger partial charge in [0.05, 0.1) is 5.58 Å². The first-order valence-corrected chi connectivity index (χ1v) is 26.3. The number of pyridine rings is 2. The van der Waals surface area contributed by atoms with Crippen molar-refractivity contribution in [1.82, 2.24) is 9.97 Å².